The van der Waals surface area contributed by atoms with Crippen molar-refractivity contribution in [2.75, 3.05) is 13.6 Å². The van der Waals surface area contributed by atoms with Gasteiger partial charge in [-0.15, -0.1) is 0 Å². The quantitative estimate of drug-likeness (QED) is 0.778. The summed E-state index contributed by atoms with van der Waals surface area (Å²) in [5, 5.41) is 7.70. The third kappa shape index (κ3) is 1.66. The summed E-state index contributed by atoms with van der Waals surface area (Å²) in [6.45, 7) is 4.17. The minimum Gasteiger partial charge on any atom is -0.319 e. The standard InChI is InChI=1S/C10H18N4/c1-3-9-12-10-8(7-11-2)5-4-6-14(10)13-9/h8,11H,3-7H2,1-2H3. The van der Waals surface area contributed by atoms with E-state index in [9.17, 15) is 0 Å². The zero-order valence-corrected chi connectivity index (χ0v) is 8.95. The molecule has 78 valence electrons. The molecule has 1 atom stereocenters. The van der Waals surface area contributed by atoms with Crippen molar-refractivity contribution in [3.63, 3.8) is 0 Å². The molecule has 2 rings (SSSR count). The van der Waals surface area contributed by atoms with Crippen LogP contribution in [0.15, 0.2) is 0 Å². The summed E-state index contributed by atoms with van der Waals surface area (Å²) in [7, 11) is 2.00. The van der Waals surface area contributed by atoms with Gasteiger partial charge in [0.1, 0.15) is 5.82 Å². The topological polar surface area (TPSA) is 42.7 Å². The SMILES string of the molecule is CCc1nc2n(n1)CCCC2CNC. The van der Waals surface area contributed by atoms with E-state index in [4.69, 9.17) is 0 Å². The molecule has 1 aromatic heterocycles. The molecule has 0 saturated heterocycles. The minimum absolute atomic E-state index is 0.557. The summed E-state index contributed by atoms with van der Waals surface area (Å²) in [6.07, 6.45) is 3.40. The molecule has 1 unspecified atom stereocenters. The molecule has 0 fully saturated rings. The van der Waals surface area contributed by atoms with Gasteiger partial charge >= 0.3 is 0 Å². The molecule has 4 nitrogen and oxygen atoms in total. The van der Waals surface area contributed by atoms with Gasteiger partial charge in [0.05, 0.1) is 0 Å². The predicted octanol–water partition coefficient (Wildman–Crippen LogP) is 0.937. The van der Waals surface area contributed by atoms with Gasteiger partial charge < -0.3 is 5.32 Å². The van der Waals surface area contributed by atoms with Crippen LogP contribution in [0.2, 0.25) is 0 Å². The maximum Gasteiger partial charge on any atom is 0.150 e. The summed E-state index contributed by atoms with van der Waals surface area (Å²) in [6, 6.07) is 0. The highest BCUT2D eigenvalue weighted by molar-refractivity contribution is 5.03. The Hall–Kier alpha value is -0.900. The first-order chi connectivity index (χ1) is 6.85. The van der Waals surface area contributed by atoms with Crippen molar-refractivity contribution in [2.45, 2.75) is 38.6 Å². The van der Waals surface area contributed by atoms with Crippen LogP contribution in [0.25, 0.3) is 0 Å². The molecule has 1 aliphatic heterocycles. The molecule has 0 saturated carbocycles. The van der Waals surface area contributed by atoms with E-state index in [2.05, 4.69) is 27.0 Å². The highest BCUT2D eigenvalue weighted by Gasteiger charge is 2.22. The number of likely N-dealkylation sites (N-methyl/N-ethyl adjacent to an activating group) is 1. The molecule has 1 aromatic rings. The van der Waals surface area contributed by atoms with Crippen molar-refractivity contribution in [1.29, 1.82) is 0 Å². The molecule has 0 radical (unpaired) electrons. The highest BCUT2D eigenvalue weighted by Crippen LogP contribution is 2.24. The van der Waals surface area contributed by atoms with E-state index in [-0.39, 0.29) is 0 Å². The van der Waals surface area contributed by atoms with Crippen molar-refractivity contribution >= 4 is 0 Å². The van der Waals surface area contributed by atoms with Crippen LogP contribution in [-0.2, 0) is 13.0 Å². The summed E-state index contributed by atoms with van der Waals surface area (Å²) >= 11 is 0. The van der Waals surface area contributed by atoms with Gasteiger partial charge in [0.15, 0.2) is 5.82 Å². The van der Waals surface area contributed by atoms with Crippen molar-refractivity contribution in [3.8, 4) is 0 Å². The van der Waals surface area contributed by atoms with Crippen LogP contribution in [0.4, 0.5) is 0 Å². The summed E-state index contributed by atoms with van der Waals surface area (Å²) in [5.74, 6) is 2.73. The van der Waals surface area contributed by atoms with Crippen LogP contribution in [0.3, 0.4) is 0 Å². The second kappa shape index (κ2) is 4.09. The molecule has 14 heavy (non-hydrogen) atoms. The summed E-state index contributed by atoms with van der Waals surface area (Å²) < 4.78 is 2.09. The molecule has 1 aliphatic rings. The van der Waals surface area contributed by atoms with Crippen molar-refractivity contribution in [2.24, 2.45) is 0 Å². The van der Waals surface area contributed by atoms with E-state index >= 15 is 0 Å². The fraction of sp³-hybridized carbons (Fsp3) is 0.800. The lowest BCUT2D eigenvalue weighted by molar-refractivity contribution is 0.407. The monoisotopic (exact) mass is 194 g/mol. The first kappa shape index (κ1) is 9.65. The van der Waals surface area contributed by atoms with E-state index < -0.39 is 0 Å². The van der Waals surface area contributed by atoms with Gasteiger partial charge in [-0.05, 0) is 19.9 Å². The second-order valence-corrected chi connectivity index (χ2v) is 3.86. The molecule has 1 N–H and O–H groups in total. The fourth-order valence-corrected chi connectivity index (χ4v) is 2.08. The Balaban J connectivity index is 2.24. The van der Waals surface area contributed by atoms with Gasteiger partial charge in [0, 0.05) is 25.4 Å². The number of hydrogen-bond donors (Lipinski definition) is 1. The lowest BCUT2D eigenvalue weighted by Gasteiger charge is -2.21. The van der Waals surface area contributed by atoms with Crippen LogP contribution in [0, 0.1) is 0 Å². The zero-order valence-electron chi connectivity index (χ0n) is 8.95. The molecule has 0 aromatic carbocycles. The first-order valence-corrected chi connectivity index (χ1v) is 5.43. The van der Waals surface area contributed by atoms with E-state index in [1.54, 1.807) is 0 Å². The van der Waals surface area contributed by atoms with E-state index in [1.807, 2.05) is 7.05 Å². The van der Waals surface area contributed by atoms with Gasteiger partial charge in [-0.25, -0.2) is 9.67 Å². The van der Waals surface area contributed by atoms with Crippen LogP contribution >= 0.6 is 0 Å². The van der Waals surface area contributed by atoms with Crippen LogP contribution < -0.4 is 5.32 Å². The van der Waals surface area contributed by atoms with Gasteiger partial charge in [-0.1, -0.05) is 6.92 Å². The Morgan fingerprint density at radius 2 is 2.43 bits per heavy atom. The number of aryl methyl sites for hydroxylation is 2. The van der Waals surface area contributed by atoms with Crippen LogP contribution in [0.1, 0.15) is 37.3 Å². The maximum atomic E-state index is 4.58. The Kier molecular flexibility index (Phi) is 2.82. The van der Waals surface area contributed by atoms with Crippen molar-refractivity contribution in [1.82, 2.24) is 20.1 Å². The van der Waals surface area contributed by atoms with Gasteiger partial charge in [-0.3, -0.25) is 0 Å². The Morgan fingerprint density at radius 3 is 3.14 bits per heavy atom. The van der Waals surface area contributed by atoms with E-state index in [0.29, 0.717) is 5.92 Å². The maximum absolute atomic E-state index is 4.58. The van der Waals surface area contributed by atoms with Gasteiger partial charge in [0.25, 0.3) is 0 Å². The predicted molar refractivity (Wildman–Crippen MR) is 55.3 cm³/mol. The van der Waals surface area contributed by atoms with E-state index in [0.717, 1.165) is 25.3 Å². The Morgan fingerprint density at radius 1 is 1.57 bits per heavy atom. The highest BCUT2D eigenvalue weighted by atomic mass is 15.4. The fourth-order valence-electron chi connectivity index (χ4n) is 2.08. The minimum atomic E-state index is 0.557. The number of fused-ring (bicyclic) bond motifs is 1. The molecule has 2 heterocycles. The largest absolute Gasteiger partial charge is 0.319 e. The summed E-state index contributed by atoms with van der Waals surface area (Å²) in [5.41, 5.74) is 0. The lowest BCUT2D eigenvalue weighted by Crippen LogP contribution is -2.25. The molecule has 0 bridgehead atoms. The number of hydrogen-bond acceptors (Lipinski definition) is 3. The third-order valence-corrected chi connectivity index (χ3v) is 2.80. The van der Waals surface area contributed by atoms with Gasteiger partial charge in [0.2, 0.25) is 0 Å². The van der Waals surface area contributed by atoms with E-state index in [1.165, 1.54) is 18.7 Å². The number of nitrogens with zero attached hydrogens (tertiary/aromatic N) is 3. The third-order valence-electron chi connectivity index (χ3n) is 2.80. The van der Waals surface area contributed by atoms with Crippen LogP contribution in [0.5, 0.6) is 0 Å². The molecule has 0 amide bonds. The molecular formula is C10H18N4. The van der Waals surface area contributed by atoms with Crippen molar-refractivity contribution < 1.29 is 0 Å². The molecule has 0 aliphatic carbocycles. The zero-order chi connectivity index (χ0) is 9.97. The number of aromatic nitrogens is 3. The smallest absolute Gasteiger partial charge is 0.150 e. The molecular weight excluding hydrogens is 176 g/mol. The molecule has 0 spiro atoms. The average molecular weight is 194 g/mol. The number of rotatable bonds is 3. The average Bonchev–Trinajstić information content (AvgIpc) is 2.62. The number of nitrogens with one attached hydrogen (secondary N) is 1. The lowest BCUT2D eigenvalue weighted by atomic mass is 9.99. The second-order valence-electron chi connectivity index (χ2n) is 3.86. The normalized spacial score (nSPS) is 20.9. The van der Waals surface area contributed by atoms with Crippen LogP contribution in [-0.4, -0.2) is 28.4 Å². The Labute approximate surface area is 84.7 Å². The van der Waals surface area contributed by atoms with Crippen molar-refractivity contribution in [3.05, 3.63) is 11.6 Å². The Bertz CT molecular complexity index is 305. The first-order valence-electron chi connectivity index (χ1n) is 5.43. The van der Waals surface area contributed by atoms with Gasteiger partial charge in [-0.2, -0.15) is 5.10 Å². The molecule has 4 heteroatoms. The summed E-state index contributed by atoms with van der Waals surface area (Å²) in [4.78, 5) is 4.58.